The Balaban J connectivity index is 2.24. The number of aromatic nitrogens is 2. The third-order valence-electron chi connectivity index (χ3n) is 3.25. The van der Waals surface area contributed by atoms with Crippen molar-refractivity contribution in [1.29, 1.82) is 0 Å². The van der Waals surface area contributed by atoms with Gasteiger partial charge in [-0.3, -0.25) is 4.68 Å². The van der Waals surface area contributed by atoms with E-state index in [-0.39, 0.29) is 0 Å². The molecule has 4 nitrogen and oxygen atoms in total. The van der Waals surface area contributed by atoms with Crippen molar-refractivity contribution in [2.75, 3.05) is 12.4 Å². The molecule has 0 spiro atoms. The minimum Gasteiger partial charge on any atom is -0.496 e. The van der Waals surface area contributed by atoms with Gasteiger partial charge in [-0.15, -0.1) is 0 Å². The predicted octanol–water partition coefficient (Wildman–Crippen LogP) is 3.31. The highest BCUT2D eigenvalue weighted by Gasteiger charge is 2.11. The van der Waals surface area contributed by atoms with Crippen LogP contribution in [0.25, 0.3) is 0 Å². The molecule has 0 amide bonds. The lowest BCUT2D eigenvalue weighted by atomic mass is 10.2. The van der Waals surface area contributed by atoms with Gasteiger partial charge < -0.3 is 10.1 Å². The van der Waals surface area contributed by atoms with Crippen molar-refractivity contribution in [3.8, 4) is 5.75 Å². The number of halogens is 1. The van der Waals surface area contributed by atoms with Gasteiger partial charge in [0.25, 0.3) is 0 Å². The van der Waals surface area contributed by atoms with Crippen molar-refractivity contribution in [3.63, 3.8) is 0 Å². The van der Waals surface area contributed by atoms with Gasteiger partial charge in [0.2, 0.25) is 0 Å². The van der Waals surface area contributed by atoms with Gasteiger partial charge >= 0.3 is 0 Å². The van der Waals surface area contributed by atoms with Gasteiger partial charge in [-0.05, 0) is 26.0 Å². The van der Waals surface area contributed by atoms with E-state index < -0.39 is 0 Å². The molecule has 0 fully saturated rings. The summed E-state index contributed by atoms with van der Waals surface area (Å²) in [6.45, 7) is 4.63. The summed E-state index contributed by atoms with van der Waals surface area (Å²) in [5, 5.41) is 8.46. The summed E-state index contributed by atoms with van der Waals surface area (Å²) in [5.74, 6) is 0.791. The molecule has 0 aliphatic heterocycles. The molecule has 0 bridgehead atoms. The van der Waals surface area contributed by atoms with Crippen molar-refractivity contribution < 1.29 is 4.74 Å². The van der Waals surface area contributed by atoms with Crippen LogP contribution in [0.15, 0.2) is 18.2 Å². The van der Waals surface area contributed by atoms with Crippen molar-refractivity contribution in [2.24, 2.45) is 7.05 Å². The van der Waals surface area contributed by atoms with E-state index in [9.17, 15) is 0 Å². The average molecular weight is 280 g/mol. The maximum absolute atomic E-state index is 6.22. The Labute approximate surface area is 118 Å². The molecule has 1 heterocycles. The SMILES string of the molecule is COc1cccc(Cl)c1CNc1c(C)nn(C)c1C. The fourth-order valence-corrected chi connectivity index (χ4v) is 2.34. The lowest BCUT2D eigenvalue weighted by Crippen LogP contribution is -2.04. The maximum atomic E-state index is 6.22. The number of hydrogen-bond donors (Lipinski definition) is 1. The zero-order valence-corrected chi connectivity index (χ0v) is 12.4. The van der Waals surface area contributed by atoms with E-state index in [1.165, 1.54) is 0 Å². The van der Waals surface area contributed by atoms with Crippen LogP contribution in [0.1, 0.15) is 17.0 Å². The normalized spacial score (nSPS) is 10.6. The third-order valence-corrected chi connectivity index (χ3v) is 3.60. The van der Waals surface area contributed by atoms with Crippen LogP contribution in [0.2, 0.25) is 5.02 Å². The molecule has 0 atom stereocenters. The van der Waals surface area contributed by atoms with Gasteiger partial charge in [0.05, 0.1) is 24.2 Å². The summed E-state index contributed by atoms with van der Waals surface area (Å²) in [5.41, 5.74) is 4.08. The fourth-order valence-electron chi connectivity index (χ4n) is 2.11. The van der Waals surface area contributed by atoms with Crippen molar-refractivity contribution >= 4 is 17.3 Å². The summed E-state index contributed by atoms with van der Waals surface area (Å²) >= 11 is 6.22. The number of hydrogen-bond acceptors (Lipinski definition) is 3. The van der Waals surface area contributed by atoms with Crippen LogP contribution in [0, 0.1) is 13.8 Å². The van der Waals surface area contributed by atoms with Crippen LogP contribution in [0.4, 0.5) is 5.69 Å². The molecule has 19 heavy (non-hydrogen) atoms. The van der Waals surface area contributed by atoms with Crippen LogP contribution in [0.5, 0.6) is 5.75 Å². The van der Waals surface area contributed by atoms with Crippen LogP contribution in [-0.2, 0) is 13.6 Å². The molecule has 102 valence electrons. The van der Waals surface area contributed by atoms with Crippen molar-refractivity contribution in [1.82, 2.24) is 9.78 Å². The number of rotatable bonds is 4. The second kappa shape index (κ2) is 5.53. The Morgan fingerprint density at radius 3 is 2.68 bits per heavy atom. The first-order valence-corrected chi connectivity index (χ1v) is 6.47. The standard InChI is InChI=1S/C14H18ClN3O/c1-9-14(10(2)18(3)17-9)16-8-11-12(15)6-5-7-13(11)19-4/h5-7,16H,8H2,1-4H3. The third kappa shape index (κ3) is 2.68. The number of aryl methyl sites for hydroxylation is 2. The zero-order valence-electron chi connectivity index (χ0n) is 11.6. The minimum atomic E-state index is 0.607. The number of anilines is 1. The second-order valence-electron chi connectivity index (χ2n) is 4.44. The zero-order chi connectivity index (χ0) is 14.0. The van der Waals surface area contributed by atoms with Crippen molar-refractivity contribution in [3.05, 3.63) is 40.2 Å². The van der Waals surface area contributed by atoms with E-state index in [1.807, 2.05) is 43.8 Å². The summed E-state index contributed by atoms with van der Waals surface area (Å²) in [7, 11) is 3.58. The first kappa shape index (κ1) is 13.7. The van der Waals surface area contributed by atoms with Gasteiger partial charge in [-0.1, -0.05) is 17.7 Å². The van der Waals surface area contributed by atoms with E-state index in [0.29, 0.717) is 11.6 Å². The predicted molar refractivity (Wildman–Crippen MR) is 78.0 cm³/mol. The van der Waals surface area contributed by atoms with E-state index in [2.05, 4.69) is 10.4 Å². The molecule has 5 heteroatoms. The topological polar surface area (TPSA) is 39.1 Å². The van der Waals surface area contributed by atoms with E-state index >= 15 is 0 Å². The van der Waals surface area contributed by atoms with Gasteiger partial charge in [0.15, 0.2) is 0 Å². The number of nitrogens with one attached hydrogen (secondary N) is 1. The van der Waals surface area contributed by atoms with E-state index in [0.717, 1.165) is 28.4 Å². The molecule has 0 aliphatic carbocycles. The van der Waals surface area contributed by atoms with Gasteiger partial charge in [0.1, 0.15) is 5.75 Å². The molecule has 0 saturated heterocycles. The van der Waals surface area contributed by atoms with E-state index in [1.54, 1.807) is 7.11 Å². The number of methoxy groups -OCH3 is 1. The quantitative estimate of drug-likeness (QED) is 0.933. The Hall–Kier alpha value is -1.68. The molecular weight excluding hydrogens is 262 g/mol. The molecule has 2 aromatic rings. The first-order valence-electron chi connectivity index (χ1n) is 6.10. The number of benzene rings is 1. The highest BCUT2D eigenvalue weighted by molar-refractivity contribution is 6.31. The molecule has 1 N–H and O–H groups in total. The molecule has 1 aromatic carbocycles. The van der Waals surface area contributed by atoms with Crippen LogP contribution in [-0.4, -0.2) is 16.9 Å². The van der Waals surface area contributed by atoms with Gasteiger partial charge in [-0.2, -0.15) is 5.10 Å². The second-order valence-corrected chi connectivity index (χ2v) is 4.85. The smallest absolute Gasteiger partial charge is 0.125 e. The molecule has 2 rings (SSSR count). The molecule has 0 radical (unpaired) electrons. The summed E-state index contributed by atoms with van der Waals surface area (Å²) in [4.78, 5) is 0. The number of ether oxygens (including phenoxy) is 1. The Kier molecular flexibility index (Phi) is 4.00. The fraction of sp³-hybridized carbons (Fsp3) is 0.357. The van der Waals surface area contributed by atoms with Gasteiger partial charge in [-0.25, -0.2) is 0 Å². The minimum absolute atomic E-state index is 0.607. The Morgan fingerprint density at radius 2 is 2.11 bits per heavy atom. The van der Waals surface area contributed by atoms with Crippen LogP contribution >= 0.6 is 11.6 Å². The highest BCUT2D eigenvalue weighted by Crippen LogP contribution is 2.28. The molecular formula is C14H18ClN3O. The number of nitrogens with zero attached hydrogens (tertiary/aromatic N) is 2. The molecule has 0 unspecified atom stereocenters. The first-order chi connectivity index (χ1) is 9.04. The van der Waals surface area contributed by atoms with E-state index in [4.69, 9.17) is 16.3 Å². The highest BCUT2D eigenvalue weighted by atomic mass is 35.5. The molecule has 0 saturated carbocycles. The van der Waals surface area contributed by atoms with Crippen LogP contribution < -0.4 is 10.1 Å². The largest absolute Gasteiger partial charge is 0.496 e. The van der Waals surface area contributed by atoms with Crippen LogP contribution in [0.3, 0.4) is 0 Å². The lowest BCUT2D eigenvalue weighted by molar-refractivity contribution is 0.410. The summed E-state index contributed by atoms with van der Waals surface area (Å²) in [6.07, 6.45) is 0. The monoisotopic (exact) mass is 279 g/mol. The average Bonchev–Trinajstić information content (AvgIpc) is 2.62. The van der Waals surface area contributed by atoms with Crippen molar-refractivity contribution in [2.45, 2.75) is 20.4 Å². The Morgan fingerprint density at radius 1 is 1.37 bits per heavy atom. The maximum Gasteiger partial charge on any atom is 0.125 e. The Bertz CT molecular complexity index is 593. The molecule has 1 aromatic heterocycles. The summed E-state index contributed by atoms with van der Waals surface area (Å²) < 4.78 is 7.20. The van der Waals surface area contributed by atoms with Gasteiger partial charge in [0, 0.05) is 24.2 Å². The molecule has 0 aliphatic rings. The lowest BCUT2D eigenvalue weighted by Gasteiger charge is -2.12. The summed E-state index contributed by atoms with van der Waals surface area (Å²) in [6, 6.07) is 5.65.